The van der Waals surface area contributed by atoms with Crippen LogP contribution in [-0.2, 0) is 19.1 Å². The fourth-order valence-electron chi connectivity index (χ4n) is 1.63. The van der Waals surface area contributed by atoms with Crippen molar-refractivity contribution in [2.75, 3.05) is 34.0 Å². The average molecular weight is 354 g/mol. The van der Waals surface area contributed by atoms with Gasteiger partial charge in [-0.1, -0.05) is 0 Å². The van der Waals surface area contributed by atoms with Crippen LogP contribution in [0.15, 0.2) is 24.3 Å². The van der Waals surface area contributed by atoms with Gasteiger partial charge in [0, 0.05) is 13.7 Å². The molecule has 3 amide bonds. The molecular weight excluding hydrogens is 332 g/mol. The van der Waals surface area contributed by atoms with E-state index in [2.05, 4.69) is 5.32 Å². The smallest absolute Gasteiger partial charge is 0.347 e. The lowest BCUT2D eigenvalue weighted by Gasteiger charge is -2.14. The topological polar surface area (TPSA) is 112 Å². The van der Waals surface area contributed by atoms with Crippen molar-refractivity contribution in [1.82, 2.24) is 10.6 Å². The van der Waals surface area contributed by atoms with Gasteiger partial charge in [-0.2, -0.15) is 0 Å². The van der Waals surface area contributed by atoms with Crippen molar-refractivity contribution in [2.24, 2.45) is 0 Å². The third-order valence-corrected chi connectivity index (χ3v) is 2.89. The Bertz CT molecular complexity index is 574. The van der Waals surface area contributed by atoms with Crippen LogP contribution in [-0.4, -0.2) is 58.0 Å². The zero-order valence-electron chi connectivity index (χ0n) is 14.4. The Morgan fingerprint density at radius 1 is 1.08 bits per heavy atom. The first-order valence-electron chi connectivity index (χ1n) is 7.50. The number of methoxy groups -OCH3 is 2. The summed E-state index contributed by atoms with van der Waals surface area (Å²) in [6.07, 6.45) is -0.920. The van der Waals surface area contributed by atoms with Crippen LogP contribution in [0.5, 0.6) is 11.5 Å². The number of benzene rings is 1. The second-order valence-electron chi connectivity index (χ2n) is 4.84. The lowest BCUT2D eigenvalue weighted by atomic mass is 10.3. The van der Waals surface area contributed by atoms with Gasteiger partial charge in [-0.05, 0) is 31.2 Å². The number of esters is 1. The molecule has 0 fully saturated rings. The Kier molecular flexibility index (Phi) is 8.80. The summed E-state index contributed by atoms with van der Waals surface area (Å²) in [6.45, 7) is 1.47. The van der Waals surface area contributed by atoms with E-state index in [0.717, 1.165) is 0 Å². The number of ether oxygens (including phenoxy) is 4. The van der Waals surface area contributed by atoms with Crippen LogP contribution < -0.4 is 20.1 Å². The monoisotopic (exact) mass is 354 g/mol. The zero-order chi connectivity index (χ0) is 18.7. The highest BCUT2D eigenvalue weighted by Crippen LogP contribution is 2.18. The number of nitrogens with one attached hydrogen (secondary N) is 2. The van der Waals surface area contributed by atoms with Crippen LogP contribution in [0.3, 0.4) is 0 Å². The number of carbonyl (C=O) groups excluding carboxylic acids is 3. The predicted octanol–water partition coefficient (Wildman–Crippen LogP) is 0.478. The summed E-state index contributed by atoms with van der Waals surface area (Å²) in [7, 11) is 3.03. The number of carbonyl (C=O) groups is 3. The van der Waals surface area contributed by atoms with Crippen molar-refractivity contribution in [3.8, 4) is 11.5 Å². The minimum Gasteiger partial charge on any atom is -0.497 e. The van der Waals surface area contributed by atoms with Crippen molar-refractivity contribution in [1.29, 1.82) is 0 Å². The van der Waals surface area contributed by atoms with Crippen molar-refractivity contribution in [3.05, 3.63) is 24.3 Å². The van der Waals surface area contributed by atoms with Gasteiger partial charge >= 0.3 is 12.0 Å². The van der Waals surface area contributed by atoms with E-state index in [9.17, 15) is 14.4 Å². The maximum Gasteiger partial charge on any atom is 0.347 e. The third kappa shape index (κ3) is 8.02. The summed E-state index contributed by atoms with van der Waals surface area (Å²) in [5, 5.41) is 4.41. The largest absolute Gasteiger partial charge is 0.497 e. The standard InChI is InChI=1S/C16H22N2O7/c1-11(25-13-6-4-12(23-3)5-7-13)15(20)24-10-14(19)18-16(21)17-8-9-22-2/h4-7,11H,8-10H2,1-3H3,(H2,17,18,19,21). The van der Waals surface area contributed by atoms with Gasteiger partial charge in [-0.25, -0.2) is 9.59 Å². The molecule has 0 bridgehead atoms. The number of amides is 3. The normalized spacial score (nSPS) is 11.2. The second-order valence-corrected chi connectivity index (χ2v) is 4.84. The Morgan fingerprint density at radius 3 is 2.32 bits per heavy atom. The Morgan fingerprint density at radius 2 is 1.72 bits per heavy atom. The van der Waals surface area contributed by atoms with Gasteiger partial charge in [0.25, 0.3) is 5.91 Å². The number of hydrogen-bond acceptors (Lipinski definition) is 7. The predicted molar refractivity (Wildman–Crippen MR) is 87.5 cm³/mol. The van der Waals surface area contributed by atoms with Gasteiger partial charge in [0.1, 0.15) is 11.5 Å². The molecule has 138 valence electrons. The molecule has 1 aromatic carbocycles. The second kappa shape index (κ2) is 10.9. The zero-order valence-corrected chi connectivity index (χ0v) is 14.4. The molecule has 0 radical (unpaired) electrons. The van der Waals surface area contributed by atoms with Gasteiger partial charge in [0.05, 0.1) is 13.7 Å². The van der Waals surface area contributed by atoms with Crippen LogP contribution in [0.2, 0.25) is 0 Å². The SMILES string of the molecule is COCCNC(=O)NC(=O)COC(=O)C(C)Oc1ccc(OC)cc1. The lowest BCUT2D eigenvalue weighted by molar-refractivity contribution is -0.154. The minimum absolute atomic E-state index is 0.252. The van der Waals surface area contributed by atoms with E-state index in [1.807, 2.05) is 5.32 Å². The molecule has 0 aliphatic heterocycles. The maximum atomic E-state index is 11.8. The minimum atomic E-state index is -0.920. The molecule has 1 aromatic rings. The molecule has 9 heteroatoms. The van der Waals surface area contributed by atoms with Crippen LogP contribution in [0.25, 0.3) is 0 Å². The van der Waals surface area contributed by atoms with E-state index < -0.39 is 30.6 Å². The Labute approximate surface area is 145 Å². The molecule has 0 aliphatic rings. The van der Waals surface area contributed by atoms with E-state index in [1.165, 1.54) is 14.0 Å². The lowest BCUT2D eigenvalue weighted by Crippen LogP contribution is -2.43. The summed E-state index contributed by atoms with van der Waals surface area (Å²) in [5.41, 5.74) is 0. The molecule has 2 N–H and O–H groups in total. The summed E-state index contributed by atoms with van der Waals surface area (Å²) >= 11 is 0. The summed E-state index contributed by atoms with van der Waals surface area (Å²) in [6, 6.07) is 5.95. The molecule has 0 saturated carbocycles. The van der Waals surface area contributed by atoms with Crippen LogP contribution >= 0.6 is 0 Å². The molecular formula is C16H22N2O7. The van der Waals surface area contributed by atoms with Gasteiger partial charge in [-0.3, -0.25) is 10.1 Å². The number of hydrogen-bond donors (Lipinski definition) is 2. The highest BCUT2D eigenvalue weighted by Gasteiger charge is 2.18. The quantitative estimate of drug-likeness (QED) is 0.490. The third-order valence-electron chi connectivity index (χ3n) is 2.89. The van der Waals surface area contributed by atoms with E-state index in [0.29, 0.717) is 18.1 Å². The Hall–Kier alpha value is -2.81. The molecule has 0 spiro atoms. The molecule has 1 rings (SSSR count). The van der Waals surface area contributed by atoms with Gasteiger partial charge < -0.3 is 24.3 Å². The van der Waals surface area contributed by atoms with Gasteiger partial charge in [0.2, 0.25) is 0 Å². The van der Waals surface area contributed by atoms with Crippen LogP contribution in [0.1, 0.15) is 6.92 Å². The van der Waals surface area contributed by atoms with Crippen molar-refractivity contribution in [2.45, 2.75) is 13.0 Å². The van der Waals surface area contributed by atoms with Crippen LogP contribution in [0, 0.1) is 0 Å². The first kappa shape index (κ1) is 20.2. The molecule has 25 heavy (non-hydrogen) atoms. The van der Waals surface area contributed by atoms with E-state index in [-0.39, 0.29) is 6.54 Å². The average Bonchev–Trinajstić information content (AvgIpc) is 2.60. The molecule has 0 saturated heterocycles. The van der Waals surface area contributed by atoms with Crippen molar-refractivity contribution in [3.63, 3.8) is 0 Å². The van der Waals surface area contributed by atoms with Gasteiger partial charge in [0.15, 0.2) is 12.7 Å². The molecule has 0 aromatic heterocycles. The molecule has 0 aliphatic carbocycles. The highest BCUT2D eigenvalue weighted by atomic mass is 16.6. The Balaban J connectivity index is 2.32. The number of rotatable bonds is 9. The van der Waals surface area contributed by atoms with Gasteiger partial charge in [-0.15, -0.1) is 0 Å². The van der Waals surface area contributed by atoms with Crippen LogP contribution in [0.4, 0.5) is 4.79 Å². The maximum absolute atomic E-state index is 11.8. The summed E-state index contributed by atoms with van der Waals surface area (Å²) in [5.74, 6) is -0.374. The van der Waals surface area contributed by atoms with E-state index >= 15 is 0 Å². The fourth-order valence-corrected chi connectivity index (χ4v) is 1.63. The molecule has 1 unspecified atom stereocenters. The number of imide groups is 1. The first-order valence-corrected chi connectivity index (χ1v) is 7.50. The first-order chi connectivity index (χ1) is 12.0. The summed E-state index contributed by atoms with van der Waals surface area (Å²) < 4.78 is 20.0. The number of urea groups is 1. The molecule has 9 nitrogen and oxygen atoms in total. The van der Waals surface area contributed by atoms with E-state index in [4.69, 9.17) is 18.9 Å². The highest BCUT2D eigenvalue weighted by molar-refractivity contribution is 5.95. The summed E-state index contributed by atoms with van der Waals surface area (Å²) in [4.78, 5) is 34.6. The molecule has 1 atom stereocenters. The van der Waals surface area contributed by atoms with E-state index in [1.54, 1.807) is 31.4 Å². The fraction of sp³-hybridized carbons (Fsp3) is 0.438. The van der Waals surface area contributed by atoms with Crippen molar-refractivity contribution < 1.29 is 33.3 Å². The molecule has 0 heterocycles. The van der Waals surface area contributed by atoms with Crippen molar-refractivity contribution >= 4 is 17.9 Å².